The molecule has 3 aromatic carbocycles. The summed E-state index contributed by atoms with van der Waals surface area (Å²) in [5.74, 6) is -0.663. The van der Waals surface area contributed by atoms with Crippen LogP contribution in [0.3, 0.4) is 0 Å². The van der Waals surface area contributed by atoms with Crippen molar-refractivity contribution in [3.63, 3.8) is 0 Å². The molecule has 3 aromatic rings. The van der Waals surface area contributed by atoms with Crippen LogP contribution < -0.4 is 15.4 Å². The van der Waals surface area contributed by atoms with E-state index in [-0.39, 0.29) is 18.1 Å². The number of ether oxygens (including phenoxy) is 1. The Labute approximate surface area is 223 Å². The number of hydrogen-bond donors (Lipinski definition) is 3. The van der Waals surface area contributed by atoms with Gasteiger partial charge in [0, 0.05) is 11.3 Å². The Morgan fingerprint density at radius 1 is 0.947 bits per heavy atom. The summed E-state index contributed by atoms with van der Waals surface area (Å²) in [5, 5.41) is 6.28. The molecule has 0 saturated carbocycles. The second-order valence-corrected chi connectivity index (χ2v) is 11.2. The molecule has 1 atom stereocenters. The molecule has 1 aliphatic heterocycles. The molecule has 4 rings (SSSR count). The van der Waals surface area contributed by atoms with Crippen molar-refractivity contribution in [1.29, 1.82) is 0 Å². The van der Waals surface area contributed by atoms with E-state index in [1.54, 1.807) is 60.7 Å². The lowest BCUT2D eigenvalue weighted by Gasteiger charge is -2.23. The van der Waals surface area contributed by atoms with Crippen molar-refractivity contribution in [2.45, 2.75) is 37.0 Å². The van der Waals surface area contributed by atoms with E-state index < -0.39 is 22.0 Å². The summed E-state index contributed by atoms with van der Waals surface area (Å²) in [5.41, 5.74) is 3.71. The van der Waals surface area contributed by atoms with E-state index in [9.17, 15) is 18.0 Å². The third-order valence-electron chi connectivity index (χ3n) is 6.62. The SMILES string of the molecule is COC(=O)C(Cc1ccc(NC(=O)c2cccc(C3CCNCC3)c2)cc1)NS(=O)(=O)Cc1ccccc1. The van der Waals surface area contributed by atoms with Crippen LogP contribution in [0.15, 0.2) is 78.9 Å². The molecule has 9 heteroatoms. The highest BCUT2D eigenvalue weighted by Gasteiger charge is 2.26. The van der Waals surface area contributed by atoms with Crippen molar-refractivity contribution >= 4 is 27.6 Å². The average molecular weight is 536 g/mol. The maximum absolute atomic E-state index is 12.9. The maximum atomic E-state index is 12.9. The van der Waals surface area contributed by atoms with Crippen molar-refractivity contribution in [1.82, 2.24) is 10.0 Å². The number of rotatable bonds is 10. The molecule has 1 amide bonds. The zero-order valence-electron chi connectivity index (χ0n) is 21.4. The monoisotopic (exact) mass is 535 g/mol. The molecule has 0 radical (unpaired) electrons. The fraction of sp³-hybridized carbons (Fsp3) is 0.310. The van der Waals surface area contributed by atoms with Gasteiger partial charge in [0.05, 0.1) is 12.9 Å². The van der Waals surface area contributed by atoms with E-state index >= 15 is 0 Å². The van der Waals surface area contributed by atoms with Gasteiger partial charge in [-0.05, 0) is 79.2 Å². The van der Waals surface area contributed by atoms with Gasteiger partial charge in [-0.15, -0.1) is 0 Å². The Balaban J connectivity index is 1.39. The summed E-state index contributed by atoms with van der Waals surface area (Å²) in [6.07, 6.45) is 2.22. The Kier molecular flexibility index (Phi) is 9.28. The van der Waals surface area contributed by atoms with Crippen LogP contribution in [-0.4, -0.2) is 46.5 Å². The molecule has 1 fully saturated rings. The minimum Gasteiger partial charge on any atom is -0.468 e. The highest BCUT2D eigenvalue weighted by atomic mass is 32.2. The minimum atomic E-state index is -3.79. The first-order valence-electron chi connectivity index (χ1n) is 12.7. The van der Waals surface area contributed by atoms with E-state index in [2.05, 4.69) is 21.4 Å². The van der Waals surface area contributed by atoms with Gasteiger partial charge in [0.25, 0.3) is 5.91 Å². The molecule has 1 aliphatic rings. The Hall–Kier alpha value is -3.53. The van der Waals surface area contributed by atoms with Gasteiger partial charge < -0.3 is 15.4 Å². The van der Waals surface area contributed by atoms with Gasteiger partial charge >= 0.3 is 5.97 Å². The predicted octanol–water partition coefficient (Wildman–Crippen LogP) is 3.61. The number of carbonyl (C=O) groups excluding carboxylic acids is 2. The number of amides is 1. The Morgan fingerprint density at radius 3 is 2.34 bits per heavy atom. The number of anilines is 1. The lowest BCUT2D eigenvalue weighted by molar-refractivity contribution is -0.142. The van der Waals surface area contributed by atoms with Crippen LogP contribution in [0.4, 0.5) is 5.69 Å². The molecule has 8 nitrogen and oxygen atoms in total. The summed E-state index contributed by atoms with van der Waals surface area (Å²) >= 11 is 0. The van der Waals surface area contributed by atoms with Gasteiger partial charge in [-0.3, -0.25) is 9.59 Å². The van der Waals surface area contributed by atoms with Crippen molar-refractivity contribution in [2.24, 2.45) is 0 Å². The molecule has 0 bridgehead atoms. The molecular formula is C29H33N3O5S. The highest BCUT2D eigenvalue weighted by molar-refractivity contribution is 7.88. The maximum Gasteiger partial charge on any atom is 0.324 e. The zero-order valence-corrected chi connectivity index (χ0v) is 22.2. The normalized spacial score (nSPS) is 15.0. The van der Waals surface area contributed by atoms with Crippen LogP contribution >= 0.6 is 0 Å². The third kappa shape index (κ3) is 7.74. The molecule has 0 spiro atoms. The lowest BCUT2D eigenvalue weighted by atomic mass is 9.89. The van der Waals surface area contributed by atoms with Crippen molar-refractivity contribution in [2.75, 3.05) is 25.5 Å². The molecule has 3 N–H and O–H groups in total. The summed E-state index contributed by atoms with van der Waals surface area (Å²) in [4.78, 5) is 25.2. The fourth-order valence-corrected chi connectivity index (χ4v) is 5.95. The van der Waals surface area contributed by atoms with Crippen molar-refractivity contribution < 1.29 is 22.7 Å². The number of methoxy groups -OCH3 is 1. The number of carbonyl (C=O) groups is 2. The zero-order chi connectivity index (χ0) is 27.0. The van der Waals surface area contributed by atoms with Gasteiger partial charge in [-0.1, -0.05) is 54.6 Å². The highest BCUT2D eigenvalue weighted by Crippen LogP contribution is 2.26. The van der Waals surface area contributed by atoms with Crippen LogP contribution in [-0.2, 0) is 31.7 Å². The fourth-order valence-electron chi connectivity index (χ4n) is 4.62. The quantitative estimate of drug-likeness (QED) is 0.342. The van der Waals surface area contributed by atoms with Crippen LogP contribution in [0, 0.1) is 0 Å². The summed E-state index contributed by atoms with van der Waals surface area (Å²) in [7, 11) is -2.57. The molecule has 0 aromatic heterocycles. The van der Waals surface area contributed by atoms with E-state index in [0.717, 1.165) is 25.9 Å². The molecule has 1 unspecified atom stereocenters. The summed E-state index contributed by atoms with van der Waals surface area (Å²) in [6, 6.07) is 22.4. The Bertz CT molecular complexity index is 1340. The largest absolute Gasteiger partial charge is 0.468 e. The molecule has 0 aliphatic carbocycles. The number of nitrogens with one attached hydrogen (secondary N) is 3. The number of esters is 1. The van der Waals surface area contributed by atoms with E-state index in [1.807, 2.05) is 12.1 Å². The predicted molar refractivity (Wildman–Crippen MR) is 147 cm³/mol. The van der Waals surface area contributed by atoms with Crippen LogP contribution in [0.25, 0.3) is 0 Å². The molecule has 1 saturated heterocycles. The summed E-state index contributed by atoms with van der Waals surface area (Å²) in [6.45, 7) is 1.97. The van der Waals surface area contributed by atoms with Gasteiger partial charge in [0.2, 0.25) is 10.0 Å². The number of sulfonamides is 1. The topological polar surface area (TPSA) is 114 Å². The second-order valence-electron chi connectivity index (χ2n) is 9.44. The molecule has 1 heterocycles. The molecule has 38 heavy (non-hydrogen) atoms. The van der Waals surface area contributed by atoms with Gasteiger partial charge in [-0.2, -0.15) is 0 Å². The van der Waals surface area contributed by atoms with Crippen molar-refractivity contribution in [3.8, 4) is 0 Å². The standard InChI is InChI=1S/C29H33N3O5S/c1-37-29(34)27(32-38(35,36)20-22-6-3-2-4-7-22)18-21-10-12-26(13-11-21)31-28(33)25-9-5-8-24(19-25)23-14-16-30-17-15-23/h2-13,19,23,27,30,32H,14-18,20H2,1H3,(H,31,33). The van der Waals surface area contributed by atoms with Gasteiger partial charge in [-0.25, -0.2) is 13.1 Å². The number of piperidine rings is 1. The van der Waals surface area contributed by atoms with E-state index in [4.69, 9.17) is 4.74 Å². The third-order valence-corrected chi connectivity index (χ3v) is 7.98. The van der Waals surface area contributed by atoms with E-state index in [1.165, 1.54) is 12.7 Å². The number of benzene rings is 3. The van der Waals surface area contributed by atoms with Gasteiger partial charge in [0.1, 0.15) is 6.04 Å². The lowest BCUT2D eigenvalue weighted by Crippen LogP contribution is -2.43. The van der Waals surface area contributed by atoms with Crippen LogP contribution in [0.2, 0.25) is 0 Å². The van der Waals surface area contributed by atoms with E-state index in [0.29, 0.717) is 28.3 Å². The smallest absolute Gasteiger partial charge is 0.324 e. The van der Waals surface area contributed by atoms with Crippen molar-refractivity contribution in [3.05, 3.63) is 101 Å². The first-order valence-corrected chi connectivity index (χ1v) is 14.3. The summed E-state index contributed by atoms with van der Waals surface area (Å²) < 4.78 is 32.7. The Morgan fingerprint density at radius 2 is 1.66 bits per heavy atom. The van der Waals surface area contributed by atoms with Crippen LogP contribution in [0.5, 0.6) is 0 Å². The second kappa shape index (κ2) is 12.8. The number of hydrogen-bond acceptors (Lipinski definition) is 6. The first-order chi connectivity index (χ1) is 18.3. The minimum absolute atomic E-state index is 0.104. The molecule has 200 valence electrons. The molecular weight excluding hydrogens is 502 g/mol. The van der Waals surface area contributed by atoms with Crippen LogP contribution in [0.1, 0.15) is 45.8 Å². The first kappa shape index (κ1) is 27.5. The van der Waals surface area contributed by atoms with Gasteiger partial charge in [0.15, 0.2) is 0 Å². The average Bonchev–Trinajstić information content (AvgIpc) is 2.94.